The van der Waals surface area contributed by atoms with Gasteiger partial charge in [-0.25, -0.2) is 8.42 Å². The van der Waals surface area contributed by atoms with Gasteiger partial charge in [-0.1, -0.05) is 0 Å². The summed E-state index contributed by atoms with van der Waals surface area (Å²) >= 11 is 1.70. The van der Waals surface area contributed by atoms with Crippen molar-refractivity contribution in [2.45, 2.75) is 25.3 Å². The second kappa shape index (κ2) is 4.47. The Labute approximate surface area is 101 Å². The average Bonchev–Trinajstić information content (AvgIpc) is 2.75. The van der Waals surface area contributed by atoms with Gasteiger partial charge in [-0.2, -0.15) is 11.3 Å². The van der Waals surface area contributed by atoms with Gasteiger partial charge in [-0.3, -0.25) is 0 Å². The van der Waals surface area contributed by atoms with Gasteiger partial charge in [-0.15, -0.1) is 0 Å². The monoisotopic (exact) mass is 259 g/mol. The van der Waals surface area contributed by atoms with E-state index >= 15 is 0 Å². The third-order valence-electron chi connectivity index (χ3n) is 3.05. The van der Waals surface area contributed by atoms with E-state index in [9.17, 15) is 8.42 Å². The van der Waals surface area contributed by atoms with Crippen molar-refractivity contribution in [3.63, 3.8) is 0 Å². The average molecular weight is 259 g/mol. The van der Waals surface area contributed by atoms with E-state index in [-0.39, 0.29) is 11.3 Å². The summed E-state index contributed by atoms with van der Waals surface area (Å²) in [4.78, 5) is 0. The van der Waals surface area contributed by atoms with Crippen LogP contribution in [0.3, 0.4) is 0 Å². The summed E-state index contributed by atoms with van der Waals surface area (Å²) in [5.74, 6) is 0.610. The Balaban J connectivity index is 1.82. The zero-order valence-corrected chi connectivity index (χ0v) is 11.0. The van der Waals surface area contributed by atoms with E-state index in [0.29, 0.717) is 5.75 Å². The molecule has 0 aliphatic carbocycles. The van der Waals surface area contributed by atoms with Gasteiger partial charge in [-0.05, 0) is 48.7 Å². The normalized spacial score (nSPS) is 28.3. The summed E-state index contributed by atoms with van der Waals surface area (Å²) in [5, 5.41) is 7.58. The van der Waals surface area contributed by atoms with Crippen molar-refractivity contribution >= 4 is 21.2 Å². The second-order valence-corrected chi connectivity index (χ2v) is 7.68. The first-order valence-corrected chi connectivity index (χ1v) is 8.22. The smallest absolute Gasteiger partial charge is 0.152 e. The lowest BCUT2D eigenvalue weighted by Gasteiger charge is -2.23. The first-order valence-electron chi connectivity index (χ1n) is 5.46. The highest BCUT2D eigenvalue weighted by molar-refractivity contribution is 7.91. The van der Waals surface area contributed by atoms with Gasteiger partial charge in [0.25, 0.3) is 0 Å². The molecule has 1 aromatic heterocycles. The molecule has 1 atom stereocenters. The maximum Gasteiger partial charge on any atom is 0.152 e. The van der Waals surface area contributed by atoms with Crippen LogP contribution in [0.25, 0.3) is 0 Å². The molecule has 0 radical (unpaired) electrons. The lowest BCUT2D eigenvalue weighted by atomic mass is 10.0. The maximum atomic E-state index is 11.4. The van der Waals surface area contributed by atoms with E-state index in [2.05, 4.69) is 22.1 Å². The number of nitrogens with one attached hydrogen (secondary N) is 1. The summed E-state index contributed by atoms with van der Waals surface area (Å²) in [6.07, 6.45) is 1.71. The van der Waals surface area contributed by atoms with Crippen molar-refractivity contribution < 1.29 is 8.42 Å². The Bertz CT molecular complexity index is 439. The molecule has 1 saturated heterocycles. The van der Waals surface area contributed by atoms with E-state index in [1.54, 1.807) is 11.3 Å². The van der Waals surface area contributed by atoms with Gasteiger partial charge in [0.1, 0.15) is 0 Å². The van der Waals surface area contributed by atoms with E-state index < -0.39 is 9.84 Å². The molecule has 5 heteroatoms. The van der Waals surface area contributed by atoms with Crippen molar-refractivity contribution in [2.75, 3.05) is 18.1 Å². The molecular weight excluding hydrogens is 242 g/mol. The minimum atomic E-state index is -2.80. The molecule has 90 valence electrons. The first-order chi connectivity index (χ1) is 7.49. The van der Waals surface area contributed by atoms with Crippen LogP contribution in [-0.2, 0) is 16.3 Å². The molecule has 16 heavy (non-hydrogen) atoms. The summed E-state index contributed by atoms with van der Waals surface area (Å²) in [6.45, 7) is 2.86. The summed E-state index contributed by atoms with van der Waals surface area (Å²) < 4.78 is 22.8. The zero-order valence-electron chi connectivity index (χ0n) is 9.40. The van der Waals surface area contributed by atoms with Gasteiger partial charge >= 0.3 is 0 Å². The van der Waals surface area contributed by atoms with Crippen LogP contribution < -0.4 is 5.32 Å². The van der Waals surface area contributed by atoms with E-state index in [0.717, 1.165) is 19.4 Å². The summed E-state index contributed by atoms with van der Waals surface area (Å²) in [7, 11) is -2.80. The molecular formula is C11H17NO2S2. The van der Waals surface area contributed by atoms with E-state index in [1.807, 2.05) is 6.92 Å². The second-order valence-electron chi connectivity index (χ2n) is 4.71. The molecule has 0 amide bonds. The Hall–Kier alpha value is -0.390. The Kier molecular flexibility index (Phi) is 3.37. The van der Waals surface area contributed by atoms with Crippen molar-refractivity contribution in [1.82, 2.24) is 5.32 Å². The third kappa shape index (κ3) is 3.06. The predicted octanol–water partition coefficient (Wildman–Crippen LogP) is 1.46. The van der Waals surface area contributed by atoms with Crippen LogP contribution in [0.1, 0.15) is 18.9 Å². The van der Waals surface area contributed by atoms with Crippen LogP contribution in [0.2, 0.25) is 0 Å². The predicted molar refractivity (Wildman–Crippen MR) is 67.7 cm³/mol. The standard InChI is InChI=1S/C11H17NO2S2/c1-11(4-7-16(13,14)9-11)12-5-2-10-3-6-15-8-10/h3,6,8,12H,2,4-5,7,9H2,1H3. The molecule has 1 aromatic rings. The molecule has 1 N–H and O–H groups in total. The number of hydrogen-bond donors (Lipinski definition) is 1. The van der Waals surface area contributed by atoms with Crippen LogP contribution in [-0.4, -0.2) is 32.0 Å². The van der Waals surface area contributed by atoms with Crippen LogP contribution in [0, 0.1) is 0 Å². The van der Waals surface area contributed by atoms with Crippen molar-refractivity contribution in [2.24, 2.45) is 0 Å². The number of hydrogen-bond acceptors (Lipinski definition) is 4. The topological polar surface area (TPSA) is 46.2 Å². The number of thiophene rings is 1. The highest BCUT2D eigenvalue weighted by Gasteiger charge is 2.37. The van der Waals surface area contributed by atoms with Gasteiger partial charge in [0, 0.05) is 5.54 Å². The van der Waals surface area contributed by atoms with Crippen molar-refractivity contribution in [3.05, 3.63) is 22.4 Å². The fourth-order valence-electron chi connectivity index (χ4n) is 2.09. The molecule has 0 spiro atoms. The quantitative estimate of drug-likeness (QED) is 0.890. The van der Waals surface area contributed by atoms with Crippen LogP contribution in [0.15, 0.2) is 16.8 Å². The van der Waals surface area contributed by atoms with E-state index in [4.69, 9.17) is 0 Å². The zero-order chi connectivity index (χ0) is 11.6. The van der Waals surface area contributed by atoms with Crippen LogP contribution in [0.5, 0.6) is 0 Å². The Morgan fingerprint density at radius 3 is 2.94 bits per heavy atom. The number of rotatable bonds is 4. The third-order valence-corrected chi connectivity index (χ3v) is 5.68. The fraction of sp³-hybridized carbons (Fsp3) is 0.636. The minimum absolute atomic E-state index is 0.213. The first kappa shape index (κ1) is 12.1. The fourth-order valence-corrected chi connectivity index (χ4v) is 4.92. The molecule has 0 saturated carbocycles. The largest absolute Gasteiger partial charge is 0.310 e. The maximum absolute atomic E-state index is 11.4. The highest BCUT2D eigenvalue weighted by Crippen LogP contribution is 2.22. The SMILES string of the molecule is CC1(NCCc2ccsc2)CCS(=O)(=O)C1. The van der Waals surface area contributed by atoms with Crippen LogP contribution >= 0.6 is 11.3 Å². The lowest BCUT2D eigenvalue weighted by Crippen LogP contribution is -2.44. The van der Waals surface area contributed by atoms with Crippen molar-refractivity contribution in [1.29, 1.82) is 0 Å². The van der Waals surface area contributed by atoms with Crippen LogP contribution in [0.4, 0.5) is 0 Å². The molecule has 2 rings (SSSR count). The van der Waals surface area contributed by atoms with Gasteiger partial charge < -0.3 is 5.32 Å². The molecule has 1 aliphatic heterocycles. The summed E-state index contributed by atoms with van der Waals surface area (Å²) in [6, 6.07) is 2.11. The molecule has 0 aromatic carbocycles. The molecule has 1 aliphatic rings. The Morgan fingerprint density at radius 2 is 2.38 bits per heavy atom. The number of sulfone groups is 1. The van der Waals surface area contributed by atoms with Gasteiger partial charge in [0.15, 0.2) is 9.84 Å². The lowest BCUT2D eigenvalue weighted by molar-refractivity contribution is 0.401. The molecule has 1 unspecified atom stereocenters. The summed E-state index contributed by atoms with van der Waals surface area (Å²) in [5.41, 5.74) is 1.11. The Morgan fingerprint density at radius 1 is 1.56 bits per heavy atom. The highest BCUT2D eigenvalue weighted by atomic mass is 32.2. The molecule has 0 bridgehead atoms. The molecule has 3 nitrogen and oxygen atoms in total. The molecule has 1 fully saturated rings. The molecule has 2 heterocycles. The van der Waals surface area contributed by atoms with E-state index in [1.165, 1.54) is 5.56 Å². The van der Waals surface area contributed by atoms with Gasteiger partial charge in [0.05, 0.1) is 11.5 Å². The minimum Gasteiger partial charge on any atom is -0.310 e. The van der Waals surface area contributed by atoms with Gasteiger partial charge in [0.2, 0.25) is 0 Å². The van der Waals surface area contributed by atoms with Crippen molar-refractivity contribution in [3.8, 4) is 0 Å².